The molecule has 1 saturated carbocycles. The zero-order chi connectivity index (χ0) is 29.0. The van der Waals surface area contributed by atoms with Gasteiger partial charge in [0, 0.05) is 19.6 Å². The van der Waals surface area contributed by atoms with Crippen LogP contribution in [0.2, 0.25) is 0 Å². The molecule has 0 unspecified atom stereocenters. The molecule has 1 amide bonds. The molecule has 1 N–H and O–H groups in total. The summed E-state index contributed by atoms with van der Waals surface area (Å²) in [5.41, 5.74) is 0. The molecule has 0 aromatic heterocycles. The minimum absolute atomic E-state index is 0. The quantitative estimate of drug-likeness (QED) is 0.0988. The number of carbonyl (C=O) groups is 3. The van der Waals surface area contributed by atoms with Crippen LogP contribution in [0, 0.1) is 0 Å². The summed E-state index contributed by atoms with van der Waals surface area (Å²) in [5, 5.41) is 3.11. The minimum Gasteiger partial charge on any atom is -0.463 e. The summed E-state index contributed by atoms with van der Waals surface area (Å²) in [7, 11) is 0. The summed E-state index contributed by atoms with van der Waals surface area (Å²) in [5.74, 6) is -0.432. The molecule has 11 nitrogen and oxygen atoms in total. The zero-order valence-electron chi connectivity index (χ0n) is 24.1. The van der Waals surface area contributed by atoms with Gasteiger partial charge >= 0.3 is 12.1 Å². The van der Waals surface area contributed by atoms with E-state index >= 15 is 0 Å². The van der Waals surface area contributed by atoms with Crippen LogP contribution in [0.3, 0.4) is 0 Å². The van der Waals surface area contributed by atoms with E-state index in [9.17, 15) is 14.4 Å². The Hall–Kier alpha value is -1.44. The van der Waals surface area contributed by atoms with Gasteiger partial charge in [0.25, 0.3) is 0 Å². The highest BCUT2D eigenvalue weighted by Gasteiger charge is 2.21. The van der Waals surface area contributed by atoms with E-state index in [2.05, 4.69) is 31.8 Å². The van der Waals surface area contributed by atoms with E-state index in [-0.39, 0.29) is 54.2 Å². The van der Waals surface area contributed by atoms with Crippen LogP contribution in [0.5, 0.6) is 0 Å². The summed E-state index contributed by atoms with van der Waals surface area (Å²) >= 11 is 4.44. The molecule has 0 aromatic rings. The normalized spacial score (nSPS) is 15.8. The van der Waals surface area contributed by atoms with Gasteiger partial charge in [0.2, 0.25) is 0 Å². The standard InChI is InChI=1S/C24H43NO10S.C3H8.2CH4.H2/c1-20(26)2-7-23(27)34-19-18-33-17-16-32-15-14-31-13-12-30-11-10-29-9-8-25-24(28)35-21-3-5-22(36)6-4-21;1-3-2;;;/h21-22,36H,2-19H2,1H3,(H,25,28);3H2,1-2H3;2*1H4;1H. The third-order valence-corrected chi connectivity index (χ3v) is 5.61. The van der Waals surface area contributed by atoms with Crippen molar-refractivity contribution in [3.05, 3.63) is 0 Å². The van der Waals surface area contributed by atoms with E-state index in [0.29, 0.717) is 71.3 Å². The van der Waals surface area contributed by atoms with Crippen LogP contribution in [0.4, 0.5) is 4.79 Å². The van der Waals surface area contributed by atoms with Crippen molar-refractivity contribution in [3.8, 4) is 0 Å². The molecule has 0 aliphatic heterocycles. The van der Waals surface area contributed by atoms with Gasteiger partial charge in [-0.2, -0.15) is 12.6 Å². The summed E-state index contributed by atoms with van der Waals surface area (Å²) in [4.78, 5) is 33.8. The van der Waals surface area contributed by atoms with E-state index in [4.69, 9.17) is 33.2 Å². The number of alkyl carbamates (subject to hydrolysis) is 1. The first-order valence-corrected chi connectivity index (χ1v) is 14.6. The topological polar surface area (TPSA) is 128 Å². The van der Waals surface area contributed by atoms with E-state index in [1.165, 1.54) is 13.3 Å². The Bertz CT molecular complexity index is 611. The molecule has 1 fully saturated rings. The predicted molar refractivity (Wildman–Crippen MR) is 166 cm³/mol. The average Bonchev–Trinajstić information content (AvgIpc) is 2.90. The Balaban J connectivity index is -0.00000115. The Kier molecular flexibility index (Phi) is 35.5. The van der Waals surface area contributed by atoms with Crippen molar-refractivity contribution in [1.82, 2.24) is 5.32 Å². The van der Waals surface area contributed by atoms with Crippen LogP contribution in [0.1, 0.15) is 82.0 Å². The van der Waals surface area contributed by atoms with Gasteiger partial charge in [-0.1, -0.05) is 35.1 Å². The fourth-order valence-electron chi connectivity index (χ4n) is 3.13. The lowest BCUT2D eigenvalue weighted by Gasteiger charge is -2.25. The number of Topliss-reactive ketones (excluding diaryl/α,β-unsaturated/α-hetero) is 1. The number of hydrogen-bond acceptors (Lipinski definition) is 11. The van der Waals surface area contributed by atoms with E-state index in [1.807, 2.05) is 0 Å². The van der Waals surface area contributed by atoms with Gasteiger partial charge in [0.1, 0.15) is 18.5 Å². The molecule has 1 aliphatic rings. The van der Waals surface area contributed by atoms with Crippen molar-refractivity contribution < 1.29 is 49.0 Å². The number of ketones is 1. The second-order valence-corrected chi connectivity index (χ2v) is 9.68. The fourth-order valence-corrected chi connectivity index (χ4v) is 3.43. The number of amides is 1. The average molecular weight is 616 g/mol. The van der Waals surface area contributed by atoms with Crippen molar-refractivity contribution in [2.75, 3.05) is 79.2 Å². The van der Waals surface area contributed by atoms with Gasteiger partial charge in [-0.05, 0) is 32.6 Å². The molecule has 12 heteroatoms. The maximum atomic E-state index is 11.7. The highest BCUT2D eigenvalue weighted by atomic mass is 32.1. The number of nitrogens with one attached hydrogen (secondary N) is 1. The van der Waals surface area contributed by atoms with Crippen molar-refractivity contribution in [1.29, 1.82) is 0 Å². The second-order valence-electron chi connectivity index (χ2n) is 8.95. The molecule has 0 bridgehead atoms. The first-order valence-electron chi connectivity index (χ1n) is 14.0. The molecule has 0 saturated heterocycles. The molecule has 0 atom stereocenters. The Morgan fingerprint density at radius 3 is 1.56 bits per heavy atom. The Labute approximate surface area is 255 Å². The SMILES string of the molecule is C.C.CC(=O)CCC(=O)OCCOCCOCCOCCOCCOCCNC(=O)OC1CCC(S)CC1.CCC.[HH]. The second kappa shape index (κ2) is 33.1. The van der Waals surface area contributed by atoms with Crippen molar-refractivity contribution in [2.45, 2.75) is 91.9 Å². The van der Waals surface area contributed by atoms with Crippen LogP contribution in [-0.4, -0.2) is 108 Å². The molecule has 41 heavy (non-hydrogen) atoms. The number of hydrogen-bond donors (Lipinski definition) is 2. The Morgan fingerprint density at radius 2 is 1.12 bits per heavy atom. The van der Waals surface area contributed by atoms with Crippen LogP contribution >= 0.6 is 12.6 Å². The lowest BCUT2D eigenvalue weighted by Crippen LogP contribution is -2.33. The minimum atomic E-state index is -0.396. The lowest BCUT2D eigenvalue weighted by atomic mass is 9.97. The van der Waals surface area contributed by atoms with Gasteiger partial charge < -0.3 is 43.3 Å². The van der Waals surface area contributed by atoms with Crippen LogP contribution < -0.4 is 5.32 Å². The summed E-state index contributed by atoms with van der Waals surface area (Å²) in [6, 6.07) is 0. The highest BCUT2D eigenvalue weighted by Crippen LogP contribution is 2.24. The van der Waals surface area contributed by atoms with Gasteiger partial charge in [-0.15, -0.1) is 0 Å². The zero-order valence-corrected chi connectivity index (χ0v) is 25.0. The molecule has 0 spiro atoms. The molecule has 1 aliphatic carbocycles. The number of ether oxygens (including phenoxy) is 7. The van der Waals surface area contributed by atoms with Gasteiger partial charge in [-0.25, -0.2) is 4.79 Å². The summed E-state index contributed by atoms with van der Waals surface area (Å²) in [6.07, 6.45) is 4.85. The smallest absolute Gasteiger partial charge is 0.407 e. The van der Waals surface area contributed by atoms with E-state index in [0.717, 1.165) is 25.7 Å². The largest absolute Gasteiger partial charge is 0.463 e. The lowest BCUT2D eigenvalue weighted by molar-refractivity contribution is -0.146. The van der Waals surface area contributed by atoms with Crippen LogP contribution in [0.15, 0.2) is 0 Å². The summed E-state index contributed by atoms with van der Waals surface area (Å²) in [6.45, 7) is 10.4. The highest BCUT2D eigenvalue weighted by molar-refractivity contribution is 7.80. The monoisotopic (exact) mass is 615 g/mol. The number of carbonyl (C=O) groups excluding carboxylic acids is 3. The van der Waals surface area contributed by atoms with Crippen molar-refractivity contribution in [3.63, 3.8) is 0 Å². The molecule has 0 aromatic carbocycles. The third kappa shape index (κ3) is 32.9. The van der Waals surface area contributed by atoms with E-state index in [1.54, 1.807) is 0 Å². The molecule has 248 valence electrons. The van der Waals surface area contributed by atoms with Gasteiger partial charge in [0.05, 0.1) is 72.5 Å². The van der Waals surface area contributed by atoms with Crippen molar-refractivity contribution in [2.24, 2.45) is 0 Å². The summed E-state index contributed by atoms with van der Waals surface area (Å²) < 4.78 is 37.2. The first-order chi connectivity index (χ1) is 18.9. The molecular weight excluding hydrogens is 554 g/mol. The predicted octanol–water partition coefficient (Wildman–Crippen LogP) is 4.88. The van der Waals surface area contributed by atoms with Gasteiger partial charge in [0.15, 0.2) is 0 Å². The third-order valence-electron chi connectivity index (χ3n) is 5.09. The van der Waals surface area contributed by atoms with E-state index < -0.39 is 12.1 Å². The first kappa shape index (κ1) is 44.0. The molecular formula is C29H61NO10S. The molecule has 1 rings (SSSR count). The maximum Gasteiger partial charge on any atom is 0.407 e. The van der Waals surface area contributed by atoms with Crippen molar-refractivity contribution >= 4 is 30.5 Å². The molecule has 0 radical (unpaired) electrons. The number of rotatable bonds is 22. The number of esters is 1. The number of thiol groups is 1. The fraction of sp³-hybridized carbons (Fsp3) is 0.897. The van der Waals surface area contributed by atoms with Crippen LogP contribution in [0.25, 0.3) is 0 Å². The molecule has 0 heterocycles. The van der Waals surface area contributed by atoms with Crippen LogP contribution in [-0.2, 0) is 42.7 Å². The maximum absolute atomic E-state index is 11.7. The Morgan fingerprint density at radius 1 is 0.707 bits per heavy atom. The van der Waals surface area contributed by atoms with Gasteiger partial charge in [-0.3, -0.25) is 4.79 Å².